The Morgan fingerprint density at radius 2 is 2.00 bits per heavy atom. The Labute approximate surface area is 60.5 Å². The highest BCUT2D eigenvalue weighted by Crippen LogP contribution is 2.18. The predicted octanol–water partition coefficient (Wildman–Crippen LogP) is 0.0637. The van der Waals surface area contributed by atoms with Gasteiger partial charge in [-0.05, 0) is 0 Å². The fourth-order valence-corrected chi connectivity index (χ4v) is 0.564. The van der Waals surface area contributed by atoms with Crippen molar-refractivity contribution in [1.82, 2.24) is 5.32 Å². The molecule has 0 aromatic carbocycles. The van der Waals surface area contributed by atoms with Gasteiger partial charge >= 0.3 is 12.1 Å². The summed E-state index contributed by atoms with van der Waals surface area (Å²) in [6.45, 7) is 0.615. The van der Waals surface area contributed by atoms with Crippen LogP contribution in [-0.4, -0.2) is 31.3 Å². The summed E-state index contributed by atoms with van der Waals surface area (Å²) < 4.78 is 38.4. The molecule has 1 fully saturated rings. The molecule has 0 spiro atoms. The molecule has 1 N–H and O–H groups in total. The summed E-state index contributed by atoms with van der Waals surface area (Å²) in [5.41, 5.74) is 0. The summed E-state index contributed by atoms with van der Waals surface area (Å²) >= 11 is 0. The summed E-state index contributed by atoms with van der Waals surface area (Å²) in [7, 11) is 0. The molecule has 3 nitrogen and oxygen atoms in total. The van der Waals surface area contributed by atoms with Crippen LogP contribution in [0.2, 0.25) is 0 Å². The van der Waals surface area contributed by atoms with Gasteiger partial charge in [0.05, 0.1) is 0 Å². The number of halogens is 3. The van der Waals surface area contributed by atoms with Crippen LogP contribution < -0.4 is 5.32 Å². The van der Waals surface area contributed by atoms with Crippen LogP contribution in [0.25, 0.3) is 0 Å². The van der Waals surface area contributed by atoms with Crippen molar-refractivity contribution in [1.29, 1.82) is 0 Å². The van der Waals surface area contributed by atoms with Gasteiger partial charge in [0.15, 0.2) is 0 Å². The van der Waals surface area contributed by atoms with Crippen LogP contribution in [0.1, 0.15) is 0 Å². The van der Waals surface area contributed by atoms with Crippen molar-refractivity contribution in [3.8, 4) is 0 Å². The molecule has 6 heteroatoms. The molecule has 1 aliphatic rings. The number of carbonyl (C=O) groups excluding carboxylic acids is 1. The average Bonchev–Trinajstić information content (AvgIpc) is 1.75. The molecule has 0 aromatic heterocycles. The van der Waals surface area contributed by atoms with E-state index in [4.69, 9.17) is 0 Å². The van der Waals surface area contributed by atoms with Gasteiger partial charge in [-0.3, -0.25) is 0 Å². The smallest absolute Gasteiger partial charge is 0.453 e. The SMILES string of the molecule is O=C(OC1CNC1)C(F)(F)F. The molecule has 0 atom stereocenters. The number of esters is 1. The summed E-state index contributed by atoms with van der Waals surface area (Å²) in [4.78, 5) is 10.1. The van der Waals surface area contributed by atoms with Gasteiger partial charge in [0.25, 0.3) is 0 Å². The topological polar surface area (TPSA) is 38.3 Å². The lowest BCUT2D eigenvalue weighted by Crippen LogP contribution is -2.50. The van der Waals surface area contributed by atoms with Gasteiger partial charge in [0.1, 0.15) is 6.10 Å². The standard InChI is InChI=1S/C5H6F3NO2/c6-5(7,8)4(10)11-3-1-9-2-3/h3,9H,1-2H2. The van der Waals surface area contributed by atoms with Crippen LogP contribution in [-0.2, 0) is 9.53 Å². The molecule has 0 aliphatic carbocycles. The van der Waals surface area contributed by atoms with Crippen molar-refractivity contribution in [2.45, 2.75) is 12.3 Å². The predicted molar refractivity (Wildman–Crippen MR) is 28.8 cm³/mol. The first-order valence-electron chi connectivity index (χ1n) is 2.98. The van der Waals surface area contributed by atoms with E-state index in [1.807, 2.05) is 0 Å². The summed E-state index contributed by atoms with van der Waals surface area (Å²) in [5, 5.41) is 2.67. The van der Waals surface area contributed by atoms with E-state index < -0.39 is 18.2 Å². The lowest BCUT2D eigenvalue weighted by molar-refractivity contribution is -0.206. The van der Waals surface area contributed by atoms with E-state index in [1.165, 1.54) is 0 Å². The van der Waals surface area contributed by atoms with Crippen molar-refractivity contribution in [2.24, 2.45) is 0 Å². The number of carbonyl (C=O) groups is 1. The lowest BCUT2D eigenvalue weighted by Gasteiger charge is -2.26. The zero-order valence-corrected chi connectivity index (χ0v) is 5.44. The second-order valence-corrected chi connectivity index (χ2v) is 2.18. The Morgan fingerprint density at radius 1 is 1.45 bits per heavy atom. The van der Waals surface area contributed by atoms with Crippen LogP contribution in [0, 0.1) is 0 Å². The minimum absolute atomic E-state index is 0.307. The van der Waals surface area contributed by atoms with Crippen LogP contribution in [0.5, 0.6) is 0 Å². The summed E-state index contributed by atoms with van der Waals surface area (Å²) in [6.07, 6.45) is -5.47. The zero-order valence-electron chi connectivity index (χ0n) is 5.44. The van der Waals surface area contributed by atoms with Crippen LogP contribution in [0.15, 0.2) is 0 Å². The third-order valence-electron chi connectivity index (χ3n) is 1.25. The van der Waals surface area contributed by atoms with Crippen molar-refractivity contribution in [2.75, 3.05) is 13.1 Å². The number of hydrogen-bond donors (Lipinski definition) is 1. The van der Waals surface area contributed by atoms with Gasteiger partial charge in [0.2, 0.25) is 0 Å². The first kappa shape index (κ1) is 8.32. The molecule has 0 radical (unpaired) electrons. The molecule has 0 aromatic rings. The minimum atomic E-state index is -4.87. The lowest BCUT2D eigenvalue weighted by atomic mass is 10.2. The first-order valence-corrected chi connectivity index (χ1v) is 2.98. The van der Waals surface area contributed by atoms with E-state index in [0.29, 0.717) is 13.1 Å². The number of ether oxygens (including phenoxy) is 1. The molecule has 1 rings (SSSR count). The van der Waals surface area contributed by atoms with E-state index in [2.05, 4.69) is 10.1 Å². The van der Waals surface area contributed by atoms with E-state index in [-0.39, 0.29) is 0 Å². The maximum absolute atomic E-state index is 11.5. The van der Waals surface area contributed by atoms with Crippen LogP contribution in [0.3, 0.4) is 0 Å². The summed E-state index contributed by atoms with van der Waals surface area (Å²) in [5.74, 6) is -2.11. The van der Waals surface area contributed by atoms with Crippen molar-refractivity contribution >= 4 is 5.97 Å². The van der Waals surface area contributed by atoms with Gasteiger partial charge in [-0.1, -0.05) is 0 Å². The molecule has 1 aliphatic heterocycles. The number of alkyl halides is 3. The van der Waals surface area contributed by atoms with Gasteiger partial charge in [0, 0.05) is 13.1 Å². The van der Waals surface area contributed by atoms with Crippen LogP contribution >= 0.6 is 0 Å². The van der Waals surface area contributed by atoms with E-state index in [0.717, 1.165) is 0 Å². The Morgan fingerprint density at radius 3 is 2.27 bits per heavy atom. The number of rotatable bonds is 1. The average molecular weight is 169 g/mol. The fourth-order valence-electron chi connectivity index (χ4n) is 0.564. The maximum atomic E-state index is 11.5. The zero-order chi connectivity index (χ0) is 8.48. The molecule has 64 valence electrons. The van der Waals surface area contributed by atoms with Gasteiger partial charge < -0.3 is 10.1 Å². The number of hydrogen-bond acceptors (Lipinski definition) is 3. The Bertz CT molecular complexity index is 164. The molecule has 11 heavy (non-hydrogen) atoms. The fraction of sp³-hybridized carbons (Fsp3) is 0.800. The Hall–Kier alpha value is -0.780. The number of nitrogens with one attached hydrogen (secondary N) is 1. The summed E-state index contributed by atoms with van der Waals surface area (Å²) in [6, 6.07) is 0. The van der Waals surface area contributed by atoms with Crippen molar-refractivity contribution in [3.05, 3.63) is 0 Å². The van der Waals surface area contributed by atoms with E-state index in [9.17, 15) is 18.0 Å². The van der Waals surface area contributed by atoms with Gasteiger partial charge in [-0.25, -0.2) is 4.79 Å². The highest BCUT2D eigenvalue weighted by atomic mass is 19.4. The quantitative estimate of drug-likeness (QED) is 0.564. The van der Waals surface area contributed by atoms with Crippen molar-refractivity contribution < 1.29 is 22.7 Å². The third kappa shape index (κ3) is 2.07. The first-order chi connectivity index (χ1) is 5.00. The molecule has 0 saturated carbocycles. The Balaban J connectivity index is 2.30. The van der Waals surface area contributed by atoms with Gasteiger partial charge in [-0.2, -0.15) is 13.2 Å². The molecule has 1 saturated heterocycles. The third-order valence-corrected chi connectivity index (χ3v) is 1.25. The molecule has 0 bridgehead atoms. The van der Waals surface area contributed by atoms with Crippen LogP contribution in [0.4, 0.5) is 13.2 Å². The molecular weight excluding hydrogens is 163 g/mol. The Kier molecular flexibility index (Phi) is 2.03. The van der Waals surface area contributed by atoms with Gasteiger partial charge in [-0.15, -0.1) is 0 Å². The molecular formula is C5H6F3NO2. The minimum Gasteiger partial charge on any atom is -0.453 e. The van der Waals surface area contributed by atoms with Crippen molar-refractivity contribution in [3.63, 3.8) is 0 Å². The highest BCUT2D eigenvalue weighted by molar-refractivity contribution is 5.75. The monoisotopic (exact) mass is 169 g/mol. The highest BCUT2D eigenvalue weighted by Gasteiger charge is 2.42. The van der Waals surface area contributed by atoms with E-state index in [1.54, 1.807) is 0 Å². The van der Waals surface area contributed by atoms with E-state index >= 15 is 0 Å². The second kappa shape index (κ2) is 2.69. The second-order valence-electron chi connectivity index (χ2n) is 2.18. The molecule has 1 heterocycles. The molecule has 0 unspecified atom stereocenters. The largest absolute Gasteiger partial charge is 0.490 e. The maximum Gasteiger partial charge on any atom is 0.490 e. The molecule has 0 amide bonds. The normalized spacial score (nSPS) is 19.2.